The minimum absolute atomic E-state index is 0.593. The van der Waals surface area contributed by atoms with Gasteiger partial charge < -0.3 is 5.32 Å². The van der Waals surface area contributed by atoms with E-state index in [4.69, 9.17) is 0 Å². The Hall–Kier alpha value is -1.68. The van der Waals surface area contributed by atoms with E-state index in [2.05, 4.69) is 33.7 Å². The summed E-state index contributed by atoms with van der Waals surface area (Å²) < 4.78 is 0. The van der Waals surface area contributed by atoms with Gasteiger partial charge in [0.25, 0.3) is 0 Å². The van der Waals surface area contributed by atoms with Crippen LogP contribution in [0.3, 0.4) is 0 Å². The van der Waals surface area contributed by atoms with Crippen LogP contribution in [0.5, 0.6) is 0 Å². The molecule has 0 saturated carbocycles. The maximum absolute atomic E-state index is 4.23. The second kappa shape index (κ2) is 5.31. The molecule has 0 aliphatic carbocycles. The van der Waals surface area contributed by atoms with Gasteiger partial charge in [-0.15, -0.1) is 0 Å². The van der Waals surface area contributed by atoms with Gasteiger partial charge in [0.15, 0.2) is 0 Å². The molecule has 1 aliphatic rings. The van der Waals surface area contributed by atoms with Crippen LogP contribution in [-0.4, -0.2) is 27.6 Å². The van der Waals surface area contributed by atoms with Crippen molar-refractivity contribution in [1.29, 1.82) is 0 Å². The van der Waals surface area contributed by atoms with Gasteiger partial charge in [-0.2, -0.15) is 15.0 Å². The lowest BCUT2D eigenvalue weighted by molar-refractivity contribution is 0.399. The molecule has 94 valence electrons. The Kier molecular flexibility index (Phi) is 3.37. The largest absolute Gasteiger partial charge is 0.314 e. The molecule has 1 fully saturated rings. The third-order valence-electron chi connectivity index (χ3n) is 3.50. The molecule has 2 aromatic rings. The first kappa shape index (κ1) is 11.4. The lowest BCUT2D eigenvalue weighted by Gasteiger charge is -2.24. The zero-order valence-corrected chi connectivity index (χ0v) is 10.4. The summed E-state index contributed by atoms with van der Waals surface area (Å²) in [6.07, 6.45) is 8.39. The van der Waals surface area contributed by atoms with Gasteiger partial charge in [0.05, 0.1) is 18.1 Å². The lowest BCUT2D eigenvalue weighted by atomic mass is 9.97. The molecule has 0 bridgehead atoms. The van der Waals surface area contributed by atoms with Crippen molar-refractivity contribution in [2.24, 2.45) is 0 Å². The first-order chi connectivity index (χ1) is 8.93. The summed E-state index contributed by atoms with van der Waals surface area (Å²) >= 11 is 0. The molecule has 4 heteroatoms. The number of piperidine rings is 1. The molecular weight excluding hydrogens is 224 g/mol. The number of nitrogens with one attached hydrogen (secondary N) is 1. The summed E-state index contributed by atoms with van der Waals surface area (Å²) in [5.41, 5.74) is 2.41. The normalized spacial score (nSPS) is 19.9. The van der Waals surface area contributed by atoms with Crippen molar-refractivity contribution in [2.45, 2.75) is 31.7 Å². The molecule has 2 heterocycles. The van der Waals surface area contributed by atoms with Crippen molar-refractivity contribution < 1.29 is 0 Å². The first-order valence-corrected chi connectivity index (χ1v) is 6.61. The average molecular weight is 242 g/mol. The van der Waals surface area contributed by atoms with E-state index in [1.54, 1.807) is 17.2 Å². The Morgan fingerprint density at radius 2 is 2.00 bits per heavy atom. The quantitative estimate of drug-likeness (QED) is 0.894. The van der Waals surface area contributed by atoms with Crippen LogP contribution in [0.25, 0.3) is 5.69 Å². The summed E-state index contributed by atoms with van der Waals surface area (Å²) in [7, 11) is 0. The van der Waals surface area contributed by atoms with E-state index in [-0.39, 0.29) is 0 Å². The minimum Gasteiger partial charge on any atom is -0.314 e. The van der Waals surface area contributed by atoms with Gasteiger partial charge >= 0.3 is 0 Å². The van der Waals surface area contributed by atoms with Crippen molar-refractivity contribution in [3.05, 3.63) is 42.2 Å². The fourth-order valence-corrected chi connectivity index (χ4v) is 2.58. The third-order valence-corrected chi connectivity index (χ3v) is 3.50. The summed E-state index contributed by atoms with van der Waals surface area (Å²) in [4.78, 5) is 1.71. The first-order valence-electron chi connectivity index (χ1n) is 6.61. The molecule has 4 nitrogen and oxygen atoms in total. The monoisotopic (exact) mass is 242 g/mol. The van der Waals surface area contributed by atoms with Gasteiger partial charge in [0, 0.05) is 6.04 Å². The van der Waals surface area contributed by atoms with Gasteiger partial charge in [0.1, 0.15) is 0 Å². The Labute approximate surface area is 107 Å². The molecule has 1 N–H and O–H groups in total. The number of aromatic nitrogens is 3. The summed E-state index contributed by atoms with van der Waals surface area (Å²) in [6.45, 7) is 1.15. The standard InChI is InChI=1S/C14H18N4/c1-2-7-14(18-16-9-10-17-18)12(5-1)11-13-6-3-4-8-15-13/h1-2,5,7,9-10,13,15H,3-4,6,8,11H2. The van der Waals surface area contributed by atoms with E-state index in [9.17, 15) is 0 Å². The van der Waals surface area contributed by atoms with E-state index < -0.39 is 0 Å². The molecule has 1 aliphatic heterocycles. The zero-order chi connectivity index (χ0) is 12.2. The smallest absolute Gasteiger partial charge is 0.0889 e. The van der Waals surface area contributed by atoms with Crippen molar-refractivity contribution >= 4 is 0 Å². The number of benzene rings is 1. The van der Waals surface area contributed by atoms with Crippen LogP contribution in [0.2, 0.25) is 0 Å². The maximum Gasteiger partial charge on any atom is 0.0889 e. The second-order valence-corrected chi connectivity index (χ2v) is 4.80. The maximum atomic E-state index is 4.23. The van der Waals surface area contributed by atoms with Crippen molar-refractivity contribution in [3.8, 4) is 5.69 Å². The topological polar surface area (TPSA) is 42.7 Å². The van der Waals surface area contributed by atoms with Crippen LogP contribution >= 0.6 is 0 Å². The van der Waals surface area contributed by atoms with E-state index in [0.717, 1.165) is 18.7 Å². The number of rotatable bonds is 3. The molecule has 1 atom stereocenters. The Morgan fingerprint density at radius 3 is 2.78 bits per heavy atom. The Bertz CT molecular complexity index is 486. The highest BCUT2D eigenvalue weighted by Gasteiger charge is 2.15. The van der Waals surface area contributed by atoms with Gasteiger partial charge in [-0.25, -0.2) is 0 Å². The van der Waals surface area contributed by atoms with Gasteiger partial charge in [0.2, 0.25) is 0 Å². The van der Waals surface area contributed by atoms with Gasteiger partial charge in [-0.1, -0.05) is 24.6 Å². The summed E-state index contributed by atoms with van der Waals surface area (Å²) in [6, 6.07) is 8.98. The number of para-hydroxylation sites is 1. The second-order valence-electron chi connectivity index (χ2n) is 4.80. The zero-order valence-electron chi connectivity index (χ0n) is 10.4. The molecular formula is C14H18N4. The van der Waals surface area contributed by atoms with Crippen LogP contribution in [-0.2, 0) is 6.42 Å². The van der Waals surface area contributed by atoms with Crippen molar-refractivity contribution in [2.75, 3.05) is 6.54 Å². The van der Waals surface area contributed by atoms with Crippen LogP contribution in [0.15, 0.2) is 36.7 Å². The lowest BCUT2D eigenvalue weighted by Crippen LogP contribution is -2.35. The molecule has 1 saturated heterocycles. The van der Waals surface area contributed by atoms with E-state index >= 15 is 0 Å². The molecule has 18 heavy (non-hydrogen) atoms. The van der Waals surface area contributed by atoms with E-state index in [1.165, 1.54) is 24.8 Å². The number of hydrogen-bond donors (Lipinski definition) is 1. The molecule has 1 aromatic heterocycles. The number of nitrogens with zero attached hydrogens (tertiary/aromatic N) is 3. The van der Waals surface area contributed by atoms with Crippen LogP contribution in [0, 0.1) is 0 Å². The van der Waals surface area contributed by atoms with E-state index in [0.29, 0.717) is 6.04 Å². The van der Waals surface area contributed by atoms with Crippen LogP contribution in [0.4, 0.5) is 0 Å². The molecule has 0 spiro atoms. The average Bonchev–Trinajstić information content (AvgIpc) is 2.94. The van der Waals surface area contributed by atoms with Crippen LogP contribution < -0.4 is 5.32 Å². The highest BCUT2D eigenvalue weighted by atomic mass is 15.5. The minimum atomic E-state index is 0.593. The highest BCUT2D eigenvalue weighted by molar-refractivity contribution is 5.39. The molecule has 3 rings (SSSR count). The van der Waals surface area contributed by atoms with Gasteiger partial charge in [-0.05, 0) is 37.4 Å². The number of hydrogen-bond acceptors (Lipinski definition) is 3. The predicted molar refractivity (Wildman–Crippen MR) is 70.7 cm³/mol. The fourth-order valence-electron chi connectivity index (χ4n) is 2.58. The molecule has 0 amide bonds. The Morgan fingerprint density at radius 1 is 1.17 bits per heavy atom. The SMILES string of the molecule is c1ccc(-n2nccn2)c(CC2CCCCN2)c1. The van der Waals surface area contributed by atoms with Crippen LogP contribution in [0.1, 0.15) is 24.8 Å². The van der Waals surface area contributed by atoms with Crippen molar-refractivity contribution in [3.63, 3.8) is 0 Å². The Balaban J connectivity index is 1.83. The highest BCUT2D eigenvalue weighted by Crippen LogP contribution is 2.18. The molecule has 0 radical (unpaired) electrons. The third kappa shape index (κ3) is 2.43. The molecule has 1 unspecified atom stereocenters. The molecule has 1 aromatic carbocycles. The van der Waals surface area contributed by atoms with Gasteiger partial charge in [-0.3, -0.25) is 0 Å². The predicted octanol–water partition coefficient (Wildman–Crippen LogP) is 1.95. The fraction of sp³-hybridized carbons (Fsp3) is 0.429. The summed E-state index contributed by atoms with van der Waals surface area (Å²) in [5, 5.41) is 12.0. The van der Waals surface area contributed by atoms with Crippen molar-refractivity contribution in [1.82, 2.24) is 20.3 Å². The van der Waals surface area contributed by atoms with E-state index in [1.807, 2.05) is 6.07 Å². The summed E-state index contributed by atoms with van der Waals surface area (Å²) in [5.74, 6) is 0.